The van der Waals surface area contributed by atoms with E-state index in [1.807, 2.05) is 7.11 Å². The Morgan fingerprint density at radius 2 is 2.27 bits per heavy atom. The zero-order valence-corrected chi connectivity index (χ0v) is 11.6. The normalized spacial score (nSPS) is 25.4. The van der Waals surface area contributed by atoms with Gasteiger partial charge in [-0.3, -0.25) is 0 Å². The van der Waals surface area contributed by atoms with E-state index in [2.05, 4.69) is 27.8 Å². The number of piperidine rings is 1. The molecule has 0 spiro atoms. The molecule has 90 valence electrons. The number of halogens is 1. The van der Waals surface area contributed by atoms with Crippen molar-refractivity contribution in [3.8, 4) is 0 Å². The monoisotopic (exact) mass is 277 g/mol. The molecule has 0 aliphatic carbocycles. The van der Waals surface area contributed by atoms with E-state index in [-0.39, 0.29) is 0 Å². The lowest BCUT2D eigenvalue weighted by Gasteiger charge is -2.32. The second-order valence-electron chi connectivity index (χ2n) is 4.67. The SMILES string of the molecule is COC1CCCN(CCC(C)CCBr)C1. The van der Waals surface area contributed by atoms with E-state index in [0.29, 0.717) is 6.10 Å². The third-order valence-corrected chi connectivity index (χ3v) is 3.79. The second kappa shape index (κ2) is 7.64. The first-order valence-electron chi connectivity index (χ1n) is 6.07. The molecule has 3 heteroatoms. The third-order valence-electron chi connectivity index (χ3n) is 3.34. The van der Waals surface area contributed by atoms with Gasteiger partial charge in [-0.1, -0.05) is 22.9 Å². The van der Waals surface area contributed by atoms with Crippen molar-refractivity contribution in [2.75, 3.05) is 32.1 Å². The zero-order chi connectivity index (χ0) is 11.1. The van der Waals surface area contributed by atoms with Crippen LogP contribution in [0.15, 0.2) is 0 Å². The molecule has 1 saturated heterocycles. The van der Waals surface area contributed by atoms with Crippen LogP contribution in [0, 0.1) is 5.92 Å². The number of likely N-dealkylation sites (tertiary alicyclic amines) is 1. The van der Waals surface area contributed by atoms with Gasteiger partial charge in [0.15, 0.2) is 0 Å². The van der Waals surface area contributed by atoms with Crippen molar-refractivity contribution in [3.05, 3.63) is 0 Å². The van der Waals surface area contributed by atoms with Crippen LogP contribution in [0.2, 0.25) is 0 Å². The van der Waals surface area contributed by atoms with Crippen LogP contribution in [0.25, 0.3) is 0 Å². The Bertz CT molecular complexity index is 166. The van der Waals surface area contributed by atoms with Gasteiger partial charge in [-0.15, -0.1) is 0 Å². The Morgan fingerprint density at radius 3 is 2.93 bits per heavy atom. The van der Waals surface area contributed by atoms with E-state index in [4.69, 9.17) is 4.74 Å². The summed E-state index contributed by atoms with van der Waals surface area (Å²) >= 11 is 3.50. The molecule has 0 bridgehead atoms. The van der Waals surface area contributed by atoms with Crippen molar-refractivity contribution >= 4 is 15.9 Å². The molecule has 1 fully saturated rings. The van der Waals surface area contributed by atoms with Gasteiger partial charge in [0, 0.05) is 19.0 Å². The summed E-state index contributed by atoms with van der Waals surface area (Å²) in [5, 5.41) is 1.13. The number of alkyl halides is 1. The Balaban J connectivity index is 2.14. The standard InChI is InChI=1S/C12H24BrNO/c1-11(5-7-13)6-9-14-8-3-4-12(10-14)15-2/h11-12H,3-10H2,1-2H3. The van der Waals surface area contributed by atoms with Gasteiger partial charge in [-0.2, -0.15) is 0 Å². The molecule has 0 N–H and O–H groups in total. The summed E-state index contributed by atoms with van der Waals surface area (Å²) in [5.74, 6) is 0.840. The Hall–Kier alpha value is 0.400. The maximum Gasteiger partial charge on any atom is 0.0698 e. The smallest absolute Gasteiger partial charge is 0.0698 e. The van der Waals surface area contributed by atoms with Gasteiger partial charge < -0.3 is 9.64 Å². The minimum atomic E-state index is 0.477. The van der Waals surface area contributed by atoms with E-state index in [0.717, 1.165) is 17.8 Å². The van der Waals surface area contributed by atoms with Crippen LogP contribution in [0.5, 0.6) is 0 Å². The fourth-order valence-electron chi connectivity index (χ4n) is 2.14. The molecule has 0 saturated carbocycles. The van der Waals surface area contributed by atoms with Crippen LogP contribution >= 0.6 is 15.9 Å². The van der Waals surface area contributed by atoms with Crippen LogP contribution in [0.4, 0.5) is 0 Å². The molecule has 1 rings (SSSR count). The summed E-state index contributed by atoms with van der Waals surface area (Å²) in [7, 11) is 1.83. The molecule has 0 aromatic heterocycles. The highest BCUT2D eigenvalue weighted by atomic mass is 79.9. The fourth-order valence-corrected chi connectivity index (χ4v) is 2.92. The number of nitrogens with zero attached hydrogens (tertiary/aromatic N) is 1. The van der Waals surface area contributed by atoms with Crippen LogP contribution < -0.4 is 0 Å². The molecular weight excluding hydrogens is 254 g/mol. The lowest BCUT2D eigenvalue weighted by atomic mass is 10.0. The van der Waals surface area contributed by atoms with Crippen molar-refractivity contribution < 1.29 is 4.74 Å². The molecule has 2 nitrogen and oxygen atoms in total. The Kier molecular flexibility index (Phi) is 6.86. The van der Waals surface area contributed by atoms with Crippen molar-refractivity contribution in [2.24, 2.45) is 5.92 Å². The number of hydrogen-bond acceptors (Lipinski definition) is 2. The molecule has 1 aliphatic rings. The lowest BCUT2D eigenvalue weighted by Crippen LogP contribution is -2.40. The highest BCUT2D eigenvalue weighted by molar-refractivity contribution is 9.09. The van der Waals surface area contributed by atoms with E-state index >= 15 is 0 Å². The molecule has 0 aromatic carbocycles. The second-order valence-corrected chi connectivity index (χ2v) is 5.47. The van der Waals surface area contributed by atoms with Crippen molar-refractivity contribution in [1.29, 1.82) is 0 Å². The topological polar surface area (TPSA) is 12.5 Å². The minimum absolute atomic E-state index is 0.477. The largest absolute Gasteiger partial charge is 0.380 e. The summed E-state index contributed by atoms with van der Waals surface area (Å²) in [6.07, 6.45) is 5.63. The van der Waals surface area contributed by atoms with Gasteiger partial charge in [-0.25, -0.2) is 0 Å². The average molecular weight is 278 g/mol. The first kappa shape index (κ1) is 13.5. The summed E-state index contributed by atoms with van der Waals surface area (Å²) < 4.78 is 5.43. The Labute approximate surface area is 102 Å². The Morgan fingerprint density at radius 1 is 1.47 bits per heavy atom. The fraction of sp³-hybridized carbons (Fsp3) is 1.00. The summed E-state index contributed by atoms with van der Waals surface area (Å²) in [6.45, 7) is 5.99. The van der Waals surface area contributed by atoms with E-state index in [1.165, 1.54) is 38.8 Å². The molecule has 0 radical (unpaired) electrons. The zero-order valence-electron chi connectivity index (χ0n) is 10.0. The first-order valence-corrected chi connectivity index (χ1v) is 7.19. The maximum absolute atomic E-state index is 5.43. The van der Waals surface area contributed by atoms with Gasteiger partial charge >= 0.3 is 0 Å². The van der Waals surface area contributed by atoms with Crippen molar-refractivity contribution in [3.63, 3.8) is 0 Å². The number of ether oxygens (including phenoxy) is 1. The molecule has 1 aliphatic heterocycles. The van der Waals surface area contributed by atoms with Crippen LogP contribution in [0.3, 0.4) is 0 Å². The first-order chi connectivity index (χ1) is 7.26. The minimum Gasteiger partial charge on any atom is -0.380 e. The maximum atomic E-state index is 5.43. The van der Waals surface area contributed by atoms with Crippen LogP contribution in [0.1, 0.15) is 32.6 Å². The molecule has 0 aromatic rings. The van der Waals surface area contributed by atoms with E-state index in [9.17, 15) is 0 Å². The molecule has 15 heavy (non-hydrogen) atoms. The molecule has 2 unspecified atom stereocenters. The highest BCUT2D eigenvalue weighted by Gasteiger charge is 2.19. The number of hydrogen-bond donors (Lipinski definition) is 0. The predicted octanol–water partition coefficient (Wildman–Crippen LogP) is 2.91. The van der Waals surface area contributed by atoms with Crippen molar-refractivity contribution in [2.45, 2.75) is 38.7 Å². The third kappa shape index (κ3) is 5.32. The van der Waals surface area contributed by atoms with Gasteiger partial charge in [-0.05, 0) is 44.7 Å². The van der Waals surface area contributed by atoms with E-state index in [1.54, 1.807) is 0 Å². The highest BCUT2D eigenvalue weighted by Crippen LogP contribution is 2.15. The molecule has 1 heterocycles. The van der Waals surface area contributed by atoms with Gasteiger partial charge in [0.2, 0.25) is 0 Å². The van der Waals surface area contributed by atoms with Gasteiger partial charge in [0.05, 0.1) is 6.10 Å². The molecule has 0 amide bonds. The average Bonchev–Trinajstić information content (AvgIpc) is 2.27. The number of rotatable bonds is 6. The quantitative estimate of drug-likeness (QED) is 0.693. The van der Waals surface area contributed by atoms with E-state index < -0.39 is 0 Å². The summed E-state index contributed by atoms with van der Waals surface area (Å²) in [6, 6.07) is 0. The van der Waals surface area contributed by atoms with Crippen molar-refractivity contribution in [1.82, 2.24) is 4.90 Å². The van der Waals surface area contributed by atoms with Gasteiger partial charge in [0.25, 0.3) is 0 Å². The predicted molar refractivity (Wildman–Crippen MR) is 68.7 cm³/mol. The van der Waals surface area contributed by atoms with Crippen LogP contribution in [-0.4, -0.2) is 43.1 Å². The van der Waals surface area contributed by atoms with Gasteiger partial charge in [0.1, 0.15) is 0 Å². The summed E-state index contributed by atoms with van der Waals surface area (Å²) in [4.78, 5) is 2.56. The molecule has 2 atom stereocenters. The number of methoxy groups -OCH3 is 1. The lowest BCUT2D eigenvalue weighted by molar-refractivity contribution is 0.0297. The summed E-state index contributed by atoms with van der Waals surface area (Å²) in [5.41, 5.74) is 0. The molecular formula is C12H24BrNO. The van der Waals surface area contributed by atoms with Crippen LogP contribution in [-0.2, 0) is 4.74 Å².